The standard InChI is InChI=1S/C18H23N3O6S2/c1-11-7-15(21(22)23)9-18(14(11)4)28(24,25)19-17-10-16(8-12(2)13(17)3)29(26,27)20(5)6/h7-10,19H,1-6H3. The third-order valence-corrected chi connectivity index (χ3v) is 8.05. The molecule has 9 nitrogen and oxygen atoms in total. The maximum absolute atomic E-state index is 13.0. The van der Waals surface area contributed by atoms with Crippen LogP contribution in [0.1, 0.15) is 22.3 Å². The molecule has 0 heterocycles. The van der Waals surface area contributed by atoms with Crippen LogP contribution in [0.25, 0.3) is 0 Å². The summed E-state index contributed by atoms with van der Waals surface area (Å²) in [7, 11) is -5.23. The molecule has 0 aliphatic rings. The average molecular weight is 442 g/mol. The number of aryl methyl sites for hydroxylation is 2. The number of nitro groups is 1. The molecule has 29 heavy (non-hydrogen) atoms. The van der Waals surface area contributed by atoms with E-state index in [1.54, 1.807) is 27.7 Å². The molecule has 1 N–H and O–H groups in total. The minimum absolute atomic E-state index is 0.0600. The smallest absolute Gasteiger partial charge is 0.271 e. The van der Waals surface area contributed by atoms with Crippen LogP contribution < -0.4 is 4.72 Å². The molecule has 158 valence electrons. The van der Waals surface area contributed by atoms with Crippen LogP contribution in [0.3, 0.4) is 0 Å². The second kappa shape index (κ2) is 7.73. The summed E-state index contributed by atoms with van der Waals surface area (Å²) in [6.07, 6.45) is 0. The van der Waals surface area contributed by atoms with Crippen molar-refractivity contribution in [2.75, 3.05) is 18.8 Å². The lowest BCUT2D eigenvalue weighted by atomic mass is 10.1. The summed E-state index contributed by atoms with van der Waals surface area (Å²) in [6, 6.07) is 5.00. The van der Waals surface area contributed by atoms with Gasteiger partial charge in [0.2, 0.25) is 10.0 Å². The molecule has 2 rings (SSSR count). The van der Waals surface area contributed by atoms with Gasteiger partial charge in [-0.15, -0.1) is 0 Å². The zero-order valence-electron chi connectivity index (χ0n) is 17.0. The summed E-state index contributed by atoms with van der Waals surface area (Å²) in [5.74, 6) is 0. The van der Waals surface area contributed by atoms with Gasteiger partial charge in [-0.1, -0.05) is 0 Å². The number of sulfonamides is 2. The molecule has 0 saturated heterocycles. The normalized spacial score (nSPS) is 12.2. The van der Waals surface area contributed by atoms with E-state index in [2.05, 4.69) is 4.72 Å². The Balaban J connectivity index is 2.65. The summed E-state index contributed by atoms with van der Waals surface area (Å²) in [6.45, 7) is 6.47. The van der Waals surface area contributed by atoms with Gasteiger partial charge in [0.25, 0.3) is 15.7 Å². The molecule has 0 spiro atoms. The second-order valence-corrected chi connectivity index (χ2v) is 10.8. The van der Waals surface area contributed by atoms with E-state index in [1.165, 1.54) is 32.3 Å². The highest BCUT2D eigenvalue weighted by atomic mass is 32.2. The van der Waals surface area contributed by atoms with Gasteiger partial charge in [0.15, 0.2) is 0 Å². The molecule has 0 unspecified atom stereocenters. The Bertz CT molecular complexity index is 1200. The molecule has 0 aromatic heterocycles. The van der Waals surface area contributed by atoms with E-state index in [-0.39, 0.29) is 21.2 Å². The van der Waals surface area contributed by atoms with Crippen LogP contribution in [0.2, 0.25) is 0 Å². The van der Waals surface area contributed by atoms with Gasteiger partial charge in [0, 0.05) is 26.2 Å². The lowest BCUT2D eigenvalue weighted by Crippen LogP contribution is -2.23. The highest BCUT2D eigenvalue weighted by Gasteiger charge is 2.25. The predicted molar refractivity (Wildman–Crippen MR) is 110 cm³/mol. The first kappa shape index (κ1) is 22.8. The van der Waals surface area contributed by atoms with Crippen molar-refractivity contribution in [1.29, 1.82) is 0 Å². The Kier molecular flexibility index (Phi) is 6.07. The van der Waals surface area contributed by atoms with E-state index in [0.717, 1.165) is 10.4 Å². The fourth-order valence-corrected chi connectivity index (χ4v) is 5.15. The van der Waals surface area contributed by atoms with Crippen molar-refractivity contribution in [2.24, 2.45) is 0 Å². The Hall–Kier alpha value is -2.50. The van der Waals surface area contributed by atoms with Crippen LogP contribution in [0.4, 0.5) is 11.4 Å². The molecule has 0 amide bonds. The fraction of sp³-hybridized carbons (Fsp3) is 0.333. The first-order chi connectivity index (χ1) is 13.2. The van der Waals surface area contributed by atoms with Crippen molar-refractivity contribution >= 4 is 31.4 Å². The molecule has 0 aliphatic carbocycles. The average Bonchev–Trinajstić information content (AvgIpc) is 2.60. The van der Waals surface area contributed by atoms with Crippen LogP contribution in [0.5, 0.6) is 0 Å². The molecule has 11 heteroatoms. The molecule has 0 saturated carbocycles. The number of benzene rings is 2. The number of non-ortho nitro benzene ring substituents is 1. The van der Waals surface area contributed by atoms with E-state index in [9.17, 15) is 26.9 Å². The molecular weight excluding hydrogens is 418 g/mol. The first-order valence-electron chi connectivity index (χ1n) is 8.50. The molecular formula is C18H23N3O6S2. The monoisotopic (exact) mass is 441 g/mol. The SMILES string of the molecule is Cc1cc(S(=O)(=O)N(C)C)cc(NS(=O)(=O)c2cc([N+](=O)[O-])cc(C)c2C)c1C. The summed E-state index contributed by atoms with van der Waals surface area (Å²) in [5.41, 5.74) is 1.70. The van der Waals surface area contributed by atoms with Gasteiger partial charge in [0.1, 0.15) is 0 Å². The summed E-state index contributed by atoms with van der Waals surface area (Å²) >= 11 is 0. The number of anilines is 1. The molecule has 2 aromatic carbocycles. The highest BCUT2D eigenvalue weighted by molar-refractivity contribution is 7.92. The summed E-state index contributed by atoms with van der Waals surface area (Å²) in [5, 5.41) is 11.1. The fourth-order valence-electron chi connectivity index (χ4n) is 2.68. The van der Waals surface area contributed by atoms with Crippen molar-refractivity contribution in [2.45, 2.75) is 37.5 Å². The van der Waals surface area contributed by atoms with Gasteiger partial charge in [-0.05, 0) is 62.1 Å². The number of nitrogens with zero attached hydrogens (tertiary/aromatic N) is 2. The maximum atomic E-state index is 13.0. The number of nitro benzene ring substituents is 1. The van der Waals surface area contributed by atoms with Gasteiger partial charge in [-0.3, -0.25) is 14.8 Å². The van der Waals surface area contributed by atoms with Gasteiger partial charge >= 0.3 is 0 Å². The highest BCUT2D eigenvalue weighted by Crippen LogP contribution is 2.30. The number of nitrogens with one attached hydrogen (secondary N) is 1. The zero-order valence-corrected chi connectivity index (χ0v) is 18.6. The van der Waals surface area contributed by atoms with Gasteiger partial charge in [0.05, 0.1) is 20.4 Å². The maximum Gasteiger partial charge on any atom is 0.271 e. The Labute approximate surface area is 170 Å². The molecule has 0 atom stereocenters. The molecule has 2 aromatic rings. The third kappa shape index (κ3) is 4.41. The van der Waals surface area contributed by atoms with Crippen LogP contribution in [-0.4, -0.2) is 40.2 Å². The van der Waals surface area contributed by atoms with Crippen LogP contribution in [0, 0.1) is 37.8 Å². The van der Waals surface area contributed by atoms with E-state index in [4.69, 9.17) is 0 Å². The van der Waals surface area contributed by atoms with E-state index in [1.807, 2.05) is 0 Å². The van der Waals surface area contributed by atoms with E-state index in [0.29, 0.717) is 22.3 Å². The second-order valence-electron chi connectivity index (χ2n) is 6.95. The quantitative estimate of drug-likeness (QED) is 0.542. The van der Waals surface area contributed by atoms with Crippen molar-refractivity contribution in [3.8, 4) is 0 Å². The van der Waals surface area contributed by atoms with Crippen molar-refractivity contribution in [1.82, 2.24) is 4.31 Å². The van der Waals surface area contributed by atoms with Crippen molar-refractivity contribution in [3.63, 3.8) is 0 Å². The Morgan fingerprint density at radius 3 is 1.97 bits per heavy atom. The first-order valence-corrected chi connectivity index (χ1v) is 11.4. The number of hydrogen-bond acceptors (Lipinski definition) is 6. The third-order valence-electron chi connectivity index (χ3n) is 4.77. The minimum Gasteiger partial charge on any atom is -0.279 e. The number of hydrogen-bond donors (Lipinski definition) is 1. The Morgan fingerprint density at radius 1 is 0.897 bits per heavy atom. The lowest BCUT2D eigenvalue weighted by molar-refractivity contribution is -0.385. The van der Waals surface area contributed by atoms with Crippen molar-refractivity contribution in [3.05, 3.63) is 56.6 Å². The Morgan fingerprint density at radius 2 is 1.45 bits per heavy atom. The molecule has 0 aliphatic heterocycles. The zero-order chi connectivity index (χ0) is 22.3. The summed E-state index contributed by atoms with van der Waals surface area (Å²) < 4.78 is 54.4. The van der Waals surface area contributed by atoms with Crippen molar-refractivity contribution < 1.29 is 21.8 Å². The van der Waals surface area contributed by atoms with E-state index < -0.39 is 25.0 Å². The van der Waals surface area contributed by atoms with Crippen LogP contribution >= 0.6 is 0 Å². The summed E-state index contributed by atoms with van der Waals surface area (Å²) in [4.78, 5) is 10.2. The van der Waals surface area contributed by atoms with Gasteiger partial charge in [-0.25, -0.2) is 21.1 Å². The van der Waals surface area contributed by atoms with Gasteiger partial charge in [-0.2, -0.15) is 0 Å². The molecule has 0 radical (unpaired) electrons. The van der Waals surface area contributed by atoms with E-state index >= 15 is 0 Å². The molecule has 0 fully saturated rings. The number of rotatable bonds is 6. The topological polar surface area (TPSA) is 127 Å². The minimum atomic E-state index is -4.21. The largest absolute Gasteiger partial charge is 0.279 e. The molecule has 0 bridgehead atoms. The van der Waals surface area contributed by atoms with Gasteiger partial charge < -0.3 is 0 Å². The van der Waals surface area contributed by atoms with Crippen LogP contribution in [0.15, 0.2) is 34.1 Å². The lowest BCUT2D eigenvalue weighted by Gasteiger charge is -2.18. The van der Waals surface area contributed by atoms with Crippen LogP contribution in [-0.2, 0) is 20.0 Å². The predicted octanol–water partition coefficient (Wildman–Crippen LogP) is 2.88.